The average Bonchev–Trinajstić information content (AvgIpc) is 2.43. The molecule has 0 unspecified atom stereocenters. The molecule has 3 N–H and O–H groups in total. The van der Waals surface area contributed by atoms with Crippen LogP contribution in [0.25, 0.3) is 0 Å². The van der Waals surface area contributed by atoms with Gasteiger partial charge in [-0.05, 0) is 65.2 Å². The summed E-state index contributed by atoms with van der Waals surface area (Å²) in [6, 6.07) is 0. The molecule has 2 heterocycles. The SMILES string of the molecule is CC1(C)CC(CC(=O)NCC2CCOCC2)CC(C)(C)N1.O=CO. The topological polar surface area (TPSA) is 87.7 Å². The van der Waals surface area contributed by atoms with Crippen LogP contribution in [0.1, 0.15) is 59.8 Å². The van der Waals surface area contributed by atoms with E-state index in [0.29, 0.717) is 18.3 Å². The lowest BCUT2D eigenvalue weighted by molar-refractivity contribution is -0.123. The Kier molecular flexibility index (Phi) is 8.16. The highest BCUT2D eigenvalue weighted by Gasteiger charge is 2.38. The van der Waals surface area contributed by atoms with Crippen molar-refractivity contribution in [3.63, 3.8) is 0 Å². The van der Waals surface area contributed by atoms with E-state index < -0.39 is 0 Å². The van der Waals surface area contributed by atoms with Crippen molar-refractivity contribution in [2.75, 3.05) is 19.8 Å². The van der Waals surface area contributed by atoms with Crippen molar-refractivity contribution in [3.8, 4) is 0 Å². The van der Waals surface area contributed by atoms with Crippen molar-refractivity contribution in [1.29, 1.82) is 0 Å². The number of hydrogen-bond acceptors (Lipinski definition) is 4. The predicted molar refractivity (Wildman–Crippen MR) is 93.9 cm³/mol. The van der Waals surface area contributed by atoms with Gasteiger partial charge in [0.15, 0.2) is 0 Å². The molecule has 2 fully saturated rings. The molecule has 0 atom stereocenters. The fraction of sp³-hybridized carbons (Fsp3) is 0.889. The Labute approximate surface area is 145 Å². The molecule has 2 aliphatic rings. The molecule has 0 aromatic rings. The molecule has 2 aliphatic heterocycles. The molecular weight excluding hydrogens is 308 g/mol. The fourth-order valence-corrected chi connectivity index (χ4v) is 4.22. The summed E-state index contributed by atoms with van der Waals surface area (Å²) >= 11 is 0. The molecule has 0 saturated carbocycles. The molecule has 1 amide bonds. The Balaban J connectivity index is 0.000000891. The van der Waals surface area contributed by atoms with Gasteiger partial charge in [0.05, 0.1) is 0 Å². The Morgan fingerprint density at radius 2 is 1.67 bits per heavy atom. The van der Waals surface area contributed by atoms with Gasteiger partial charge >= 0.3 is 0 Å². The number of amides is 1. The van der Waals surface area contributed by atoms with E-state index in [1.165, 1.54) is 0 Å². The fourth-order valence-electron chi connectivity index (χ4n) is 4.22. The van der Waals surface area contributed by atoms with Crippen LogP contribution < -0.4 is 10.6 Å². The molecule has 0 bridgehead atoms. The number of carbonyl (C=O) groups is 2. The van der Waals surface area contributed by atoms with E-state index in [4.69, 9.17) is 14.6 Å². The van der Waals surface area contributed by atoms with Gasteiger partial charge in [-0.2, -0.15) is 0 Å². The number of carbonyl (C=O) groups excluding carboxylic acids is 1. The largest absolute Gasteiger partial charge is 0.483 e. The van der Waals surface area contributed by atoms with Crippen molar-refractivity contribution in [2.24, 2.45) is 11.8 Å². The standard InChI is InChI=1S/C17H32N2O2.CH2O2/c1-16(2)10-14(11-17(3,4)19-16)9-15(20)18-12-13-5-7-21-8-6-13;2-1-3/h13-14,19H,5-12H2,1-4H3,(H,18,20);1H,(H,2,3). The highest BCUT2D eigenvalue weighted by Crippen LogP contribution is 2.34. The van der Waals surface area contributed by atoms with Crippen LogP contribution in [0.4, 0.5) is 0 Å². The third kappa shape index (κ3) is 8.11. The quantitative estimate of drug-likeness (QED) is 0.682. The van der Waals surface area contributed by atoms with E-state index in [9.17, 15) is 4.79 Å². The molecule has 0 spiro atoms. The van der Waals surface area contributed by atoms with E-state index in [2.05, 4.69) is 38.3 Å². The summed E-state index contributed by atoms with van der Waals surface area (Å²) in [6.45, 7) is 11.2. The lowest BCUT2D eigenvalue weighted by atomic mass is 9.74. The van der Waals surface area contributed by atoms with Gasteiger partial charge in [-0.15, -0.1) is 0 Å². The summed E-state index contributed by atoms with van der Waals surface area (Å²) in [5.41, 5.74) is 0.237. The van der Waals surface area contributed by atoms with Crippen LogP contribution in [0.2, 0.25) is 0 Å². The van der Waals surface area contributed by atoms with Crippen molar-refractivity contribution in [2.45, 2.75) is 70.9 Å². The molecular formula is C18H34N2O4. The Morgan fingerprint density at radius 1 is 1.17 bits per heavy atom. The maximum absolute atomic E-state index is 12.2. The van der Waals surface area contributed by atoms with Gasteiger partial charge < -0.3 is 20.5 Å². The van der Waals surface area contributed by atoms with Gasteiger partial charge in [-0.1, -0.05) is 0 Å². The molecule has 0 aromatic carbocycles. The molecule has 2 rings (SSSR count). The van der Waals surface area contributed by atoms with Gasteiger partial charge in [0.1, 0.15) is 0 Å². The Hall–Kier alpha value is -1.14. The third-order valence-electron chi connectivity index (χ3n) is 4.68. The van der Waals surface area contributed by atoms with Gasteiger partial charge in [0.2, 0.25) is 5.91 Å². The van der Waals surface area contributed by atoms with Gasteiger partial charge in [-0.25, -0.2) is 0 Å². The van der Waals surface area contributed by atoms with Crippen LogP contribution in [0.5, 0.6) is 0 Å². The second kappa shape index (κ2) is 9.37. The summed E-state index contributed by atoms with van der Waals surface area (Å²) in [5.74, 6) is 1.30. The van der Waals surface area contributed by atoms with Gasteiger partial charge in [0, 0.05) is 37.3 Å². The Morgan fingerprint density at radius 3 is 2.17 bits per heavy atom. The first-order chi connectivity index (χ1) is 11.2. The van der Waals surface area contributed by atoms with Crippen molar-refractivity contribution in [1.82, 2.24) is 10.6 Å². The molecule has 0 radical (unpaired) electrons. The zero-order valence-corrected chi connectivity index (χ0v) is 15.6. The maximum atomic E-state index is 12.2. The summed E-state index contributed by atoms with van der Waals surface area (Å²) < 4.78 is 5.35. The average molecular weight is 342 g/mol. The van der Waals surface area contributed by atoms with Crippen LogP contribution in [0.3, 0.4) is 0 Å². The van der Waals surface area contributed by atoms with Crippen LogP contribution in [-0.4, -0.2) is 48.3 Å². The second-order valence-electron chi connectivity index (χ2n) is 8.34. The van der Waals surface area contributed by atoms with Crippen molar-refractivity contribution < 1.29 is 19.4 Å². The molecule has 6 nitrogen and oxygen atoms in total. The first-order valence-corrected chi connectivity index (χ1v) is 8.89. The molecule has 24 heavy (non-hydrogen) atoms. The van der Waals surface area contributed by atoms with E-state index >= 15 is 0 Å². The number of nitrogens with one attached hydrogen (secondary N) is 2. The van der Waals surface area contributed by atoms with Crippen molar-refractivity contribution in [3.05, 3.63) is 0 Å². The molecule has 2 saturated heterocycles. The lowest BCUT2D eigenvalue weighted by Crippen LogP contribution is -2.58. The summed E-state index contributed by atoms with van der Waals surface area (Å²) in [6.07, 6.45) is 4.96. The number of carboxylic acid groups (broad SMARTS) is 1. The summed E-state index contributed by atoms with van der Waals surface area (Å²) in [4.78, 5) is 20.6. The van der Waals surface area contributed by atoms with E-state index in [0.717, 1.165) is 45.4 Å². The van der Waals surface area contributed by atoms with Gasteiger partial charge in [0.25, 0.3) is 6.47 Å². The van der Waals surface area contributed by atoms with Crippen LogP contribution in [-0.2, 0) is 14.3 Å². The Bertz CT molecular complexity index is 388. The second-order valence-corrected chi connectivity index (χ2v) is 8.34. The summed E-state index contributed by atoms with van der Waals surface area (Å²) in [7, 11) is 0. The maximum Gasteiger partial charge on any atom is 0.290 e. The van der Waals surface area contributed by atoms with E-state index in [1.807, 2.05) is 0 Å². The highest BCUT2D eigenvalue weighted by molar-refractivity contribution is 5.76. The summed E-state index contributed by atoms with van der Waals surface area (Å²) in [5, 5.41) is 13.7. The first-order valence-electron chi connectivity index (χ1n) is 8.89. The number of hydrogen-bond donors (Lipinski definition) is 3. The monoisotopic (exact) mass is 342 g/mol. The lowest BCUT2D eigenvalue weighted by Gasteiger charge is -2.46. The van der Waals surface area contributed by atoms with Crippen molar-refractivity contribution >= 4 is 12.4 Å². The normalized spacial score (nSPS) is 23.7. The smallest absolute Gasteiger partial charge is 0.290 e. The molecule has 0 aromatic heterocycles. The predicted octanol–water partition coefficient (Wildman–Crippen LogP) is 2.18. The number of piperidine rings is 1. The van der Waals surface area contributed by atoms with E-state index in [1.54, 1.807) is 0 Å². The van der Waals surface area contributed by atoms with Crippen LogP contribution in [0.15, 0.2) is 0 Å². The van der Waals surface area contributed by atoms with E-state index in [-0.39, 0.29) is 23.5 Å². The minimum Gasteiger partial charge on any atom is -0.483 e. The van der Waals surface area contributed by atoms with Crippen LogP contribution >= 0.6 is 0 Å². The first kappa shape index (κ1) is 20.9. The minimum absolute atomic E-state index is 0.118. The number of rotatable bonds is 4. The zero-order valence-electron chi connectivity index (χ0n) is 15.6. The highest BCUT2D eigenvalue weighted by atomic mass is 16.5. The van der Waals surface area contributed by atoms with Crippen LogP contribution in [0, 0.1) is 11.8 Å². The number of ether oxygens (including phenoxy) is 1. The molecule has 140 valence electrons. The third-order valence-corrected chi connectivity index (χ3v) is 4.68. The minimum atomic E-state index is -0.250. The molecule has 6 heteroatoms. The zero-order chi connectivity index (χ0) is 18.2. The van der Waals surface area contributed by atoms with Gasteiger partial charge in [-0.3, -0.25) is 9.59 Å². The molecule has 0 aliphatic carbocycles.